The van der Waals surface area contributed by atoms with Gasteiger partial charge < -0.3 is 0 Å². The second kappa shape index (κ2) is 5.78. The molecule has 0 radical (unpaired) electrons. The average molecular weight is 308 g/mol. The number of sulfonamides is 1. The van der Waals surface area contributed by atoms with Crippen LogP contribution in [0, 0.1) is 0 Å². The third-order valence-corrected chi connectivity index (χ3v) is 5.77. The molecule has 1 aliphatic rings. The van der Waals surface area contributed by atoms with Crippen LogP contribution in [-0.2, 0) is 15.9 Å². The first-order valence-corrected chi connectivity index (χ1v) is 8.25. The van der Waals surface area contributed by atoms with Crippen molar-refractivity contribution in [3.8, 4) is 0 Å². The van der Waals surface area contributed by atoms with Crippen molar-refractivity contribution in [2.45, 2.75) is 30.0 Å². The lowest BCUT2D eigenvalue weighted by atomic mass is 10.2. The maximum atomic E-state index is 12.5. The number of piperidine rings is 1. The van der Waals surface area contributed by atoms with Gasteiger partial charge in [0.05, 0.1) is 5.02 Å². The first-order valence-electron chi connectivity index (χ1n) is 5.90. The molecule has 1 aromatic carbocycles. The van der Waals surface area contributed by atoms with Gasteiger partial charge in [0.2, 0.25) is 10.0 Å². The Morgan fingerprint density at radius 3 is 2.44 bits per heavy atom. The summed E-state index contributed by atoms with van der Waals surface area (Å²) in [4.78, 5) is 0.171. The van der Waals surface area contributed by atoms with Crippen molar-refractivity contribution in [3.05, 3.63) is 28.8 Å². The number of rotatable bonds is 3. The summed E-state index contributed by atoms with van der Waals surface area (Å²) in [5.74, 6) is 0.277. The van der Waals surface area contributed by atoms with Gasteiger partial charge in [-0.25, -0.2) is 8.42 Å². The number of hydrogen-bond donors (Lipinski definition) is 0. The SMILES string of the molecule is O=S(=O)(c1cc(CCl)ccc1Cl)N1CCCCC1. The van der Waals surface area contributed by atoms with E-state index in [1.807, 2.05) is 0 Å². The molecule has 6 heteroatoms. The first kappa shape index (κ1) is 14.1. The van der Waals surface area contributed by atoms with Crippen LogP contribution < -0.4 is 0 Å². The smallest absolute Gasteiger partial charge is 0.207 e. The topological polar surface area (TPSA) is 37.4 Å². The fourth-order valence-corrected chi connectivity index (χ4v) is 4.28. The Morgan fingerprint density at radius 2 is 1.83 bits per heavy atom. The van der Waals surface area contributed by atoms with Crippen LogP contribution >= 0.6 is 23.2 Å². The van der Waals surface area contributed by atoms with E-state index in [0.29, 0.717) is 13.1 Å². The zero-order valence-electron chi connectivity index (χ0n) is 9.90. The van der Waals surface area contributed by atoms with Crippen LogP contribution in [0.4, 0.5) is 0 Å². The van der Waals surface area contributed by atoms with Crippen molar-refractivity contribution in [3.63, 3.8) is 0 Å². The molecule has 0 bridgehead atoms. The summed E-state index contributed by atoms with van der Waals surface area (Å²) in [6.07, 6.45) is 2.90. The molecule has 0 spiro atoms. The van der Waals surface area contributed by atoms with Crippen molar-refractivity contribution >= 4 is 33.2 Å². The summed E-state index contributed by atoms with van der Waals surface area (Å²) >= 11 is 11.7. The Kier molecular flexibility index (Phi) is 4.54. The lowest BCUT2D eigenvalue weighted by molar-refractivity contribution is 0.346. The summed E-state index contributed by atoms with van der Waals surface area (Å²) in [6.45, 7) is 1.15. The second-order valence-corrected chi connectivity index (χ2v) is 6.94. The summed E-state index contributed by atoms with van der Waals surface area (Å²) in [7, 11) is -3.48. The van der Waals surface area contributed by atoms with Gasteiger partial charge in [0.25, 0.3) is 0 Å². The van der Waals surface area contributed by atoms with E-state index >= 15 is 0 Å². The van der Waals surface area contributed by atoms with Gasteiger partial charge in [-0.05, 0) is 30.5 Å². The Hall–Kier alpha value is -0.290. The molecular weight excluding hydrogens is 293 g/mol. The van der Waals surface area contributed by atoms with E-state index in [0.717, 1.165) is 24.8 Å². The third kappa shape index (κ3) is 2.82. The van der Waals surface area contributed by atoms with E-state index < -0.39 is 10.0 Å². The van der Waals surface area contributed by atoms with Crippen LogP contribution in [-0.4, -0.2) is 25.8 Å². The minimum absolute atomic E-state index is 0.171. The molecule has 100 valence electrons. The minimum Gasteiger partial charge on any atom is -0.207 e. The quantitative estimate of drug-likeness (QED) is 0.804. The Balaban J connectivity index is 2.39. The lowest BCUT2D eigenvalue weighted by Crippen LogP contribution is -2.35. The molecule has 0 aromatic heterocycles. The molecule has 0 amide bonds. The Morgan fingerprint density at radius 1 is 1.17 bits per heavy atom. The minimum atomic E-state index is -3.48. The molecule has 1 aromatic rings. The van der Waals surface area contributed by atoms with Crippen LogP contribution in [0.25, 0.3) is 0 Å². The summed E-state index contributed by atoms with van der Waals surface area (Å²) in [5, 5.41) is 0.259. The standard InChI is InChI=1S/C12H15Cl2NO2S/c13-9-10-4-5-11(14)12(8-10)18(16,17)15-6-2-1-3-7-15/h4-5,8H,1-3,6-7,9H2. The van der Waals surface area contributed by atoms with Crippen molar-refractivity contribution < 1.29 is 8.42 Å². The molecule has 0 atom stereocenters. The summed E-state index contributed by atoms with van der Waals surface area (Å²) in [6, 6.07) is 4.90. The highest BCUT2D eigenvalue weighted by Crippen LogP contribution is 2.28. The zero-order chi connectivity index (χ0) is 13.2. The highest BCUT2D eigenvalue weighted by molar-refractivity contribution is 7.89. The Labute approximate surface area is 118 Å². The molecule has 1 fully saturated rings. The van der Waals surface area contributed by atoms with E-state index in [1.165, 1.54) is 4.31 Å². The molecule has 2 rings (SSSR count). The normalized spacial score (nSPS) is 17.9. The van der Waals surface area contributed by atoms with Crippen LogP contribution in [0.1, 0.15) is 24.8 Å². The number of nitrogens with zero attached hydrogens (tertiary/aromatic N) is 1. The van der Waals surface area contributed by atoms with E-state index in [2.05, 4.69) is 0 Å². The van der Waals surface area contributed by atoms with E-state index in [-0.39, 0.29) is 15.8 Å². The van der Waals surface area contributed by atoms with Crippen LogP contribution in [0.3, 0.4) is 0 Å². The van der Waals surface area contributed by atoms with E-state index in [4.69, 9.17) is 23.2 Å². The van der Waals surface area contributed by atoms with Gasteiger partial charge >= 0.3 is 0 Å². The summed E-state index contributed by atoms with van der Waals surface area (Å²) < 4.78 is 26.5. The number of halogens is 2. The van der Waals surface area contributed by atoms with Crippen molar-refractivity contribution in [2.24, 2.45) is 0 Å². The molecule has 0 saturated carbocycles. The molecule has 18 heavy (non-hydrogen) atoms. The monoisotopic (exact) mass is 307 g/mol. The number of benzene rings is 1. The van der Waals surface area contributed by atoms with Crippen LogP contribution in [0.2, 0.25) is 5.02 Å². The van der Waals surface area contributed by atoms with Crippen molar-refractivity contribution in [1.29, 1.82) is 0 Å². The van der Waals surface area contributed by atoms with Crippen molar-refractivity contribution in [1.82, 2.24) is 4.31 Å². The molecular formula is C12H15Cl2NO2S. The predicted molar refractivity (Wildman–Crippen MR) is 73.6 cm³/mol. The van der Waals surface area contributed by atoms with Gasteiger partial charge in [-0.3, -0.25) is 0 Å². The average Bonchev–Trinajstić information content (AvgIpc) is 2.40. The maximum Gasteiger partial charge on any atom is 0.244 e. The van der Waals surface area contributed by atoms with E-state index in [9.17, 15) is 8.42 Å². The second-order valence-electron chi connectivity index (χ2n) is 4.36. The fraction of sp³-hybridized carbons (Fsp3) is 0.500. The van der Waals surface area contributed by atoms with Crippen LogP contribution in [0.15, 0.2) is 23.1 Å². The van der Waals surface area contributed by atoms with Gasteiger partial charge in [0.15, 0.2) is 0 Å². The largest absolute Gasteiger partial charge is 0.244 e. The zero-order valence-corrected chi connectivity index (χ0v) is 12.2. The third-order valence-electron chi connectivity index (χ3n) is 3.08. The fourth-order valence-electron chi connectivity index (χ4n) is 2.07. The van der Waals surface area contributed by atoms with E-state index in [1.54, 1.807) is 18.2 Å². The maximum absolute atomic E-state index is 12.5. The number of alkyl halides is 1. The number of hydrogen-bond acceptors (Lipinski definition) is 2. The Bertz CT molecular complexity index is 525. The highest BCUT2D eigenvalue weighted by Gasteiger charge is 2.27. The lowest BCUT2D eigenvalue weighted by Gasteiger charge is -2.26. The van der Waals surface area contributed by atoms with Gasteiger partial charge in [0.1, 0.15) is 4.90 Å². The molecule has 0 N–H and O–H groups in total. The van der Waals surface area contributed by atoms with Crippen molar-refractivity contribution in [2.75, 3.05) is 13.1 Å². The highest BCUT2D eigenvalue weighted by atomic mass is 35.5. The molecule has 3 nitrogen and oxygen atoms in total. The van der Waals surface area contributed by atoms with Crippen LogP contribution in [0.5, 0.6) is 0 Å². The van der Waals surface area contributed by atoms with Gasteiger partial charge in [0, 0.05) is 19.0 Å². The molecule has 1 heterocycles. The molecule has 1 aliphatic heterocycles. The summed E-state index contributed by atoms with van der Waals surface area (Å²) in [5.41, 5.74) is 0.761. The first-order chi connectivity index (χ1) is 8.55. The molecule has 0 aliphatic carbocycles. The van der Waals surface area contributed by atoms with Gasteiger partial charge in [-0.1, -0.05) is 24.1 Å². The van der Waals surface area contributed by atoms with Gasteiger partial charge in [-0.15, -0.1) is 11.6 Å². The molecule has 1 saturated heterocycles. The van der Waals surface area contributed by atoms with Gasteiger partial charge in [-0.2, -0.15) is 4.31 Å². The predicted octanol–water partition coefficient (Wildman–Crippen LogP) is 3.25. The molecule has 0 unspecified atom stereocenters.